The fourth-order valence-corrected chi connectivity index (χ4v) is 2.81. The van der Waals surface area contributed by atoms with Crippen molar-refractivity contribution < 1.29 is 5.11 Å². The molecule has 0 atom stereocenters. The Balaban J connectivity index is 2.02. The molecule has 2 nitrogen and oxygen atoms in total. The third kappa shape index (κ3) is 2.70. The lowest BCUT2D eigenvalue weighted by Crippen LogP contribution is -2.28. The van der Waals surface area contributed by atoms with Crippen molar-refractivity contribution in [3.8, 4) is 0 Å². The largest absolute Gasteiger partial charge is 0.395 e. The van der Waals surface area contributed by atoms with Crippen LogP contribution in [0.5, 0.6) is 0 Å². The van der Waals surface area contributed by atoms with Gasteiger partial charge in [0.25, 0.3) is 0 Å². The van der Waals surface area contributed by atoms with Gasteiger partial charge in [0.1, 0.15) is 0 Å². The minimum atomic E-state index is 0.213. The van der Waals surface area contributed by atoms with E-state index in [0.29, 0.717) is 0 Å². The first-order valence-electron chi connectivity index (χ1n) is 6.83. The fourth-order valence-electron chi connectivity index (χ4n) is 2.81. The number of β-amino-alcohol motifs (C(OH)–C–C–N with tert-alkyl or cyclic N) is 1. The first-order chi connectivity index (χ1) is 9.36. The Hall–Kier alpha value is -1.64. The van der Waals surface area contributed by atoms with Gasteiger partial charge in [0, 0.05) is 19.6 Å². The van der Waals surface area contributed by atoms with Crippen molar-refractivity contribution in [2.75, 3.05) is 13.2 Å². The van der Waals surface area contributed by atoms with Crippen LogP contribution in [0.15, 0.2) is 48.5 Å². The molecule has 0 saturated carbocycles. The van der Waals surface area contributed by atoms with Gasteiger partial charge >= 0.3 is 0 Å². The molecule has 0 spiro atoms. The minimum absolute atomic E-state index is 0.213. The standard InChI is InChI=1S/C17H19NO/c19-10-9-18-12-16-7-3-1-5-14(16)11-15-6-2-4-8-17(15)13-18/h1-8,19H,9-13H2. The summed E-state index contributed by atoms with van der Waals surface area (Å²) in [4.78, 5) is 2.32. The summed E-state index contributed by atoms with van der Waals surface area (Å²) in [6.07, 6.45) is 1.01. The van der Waals surface area contributed by atoms with E-state index in [1.165, 1.54) is 22.3 Å². The van der Waals surface area contributed by atoms with Crippen LogP contribution in [0.25, 0.3) is 0 Å². The molecule has 0 unspecified atom stereocenters. The van der Waals surface area contributed by atoms with Crippen molar-refractivity contribution in [2.24, 2.45) is 0 Å². The van der Waals surface area contributed by atoms with Gasteiger partial charge in [-0.15, -0.1) is 0 Å². The molecule has 0 aromatic heterocycles. The van der Waals surface area contributed by atoms with E-state index in [1.807, 2.05) is 0 Å². The van der Waals surface area contributed by atoms with Crippen LogP contribution in [0.4, 0.5) is 0 Å². The van der Waals surface area contributed by atoms with Crippen LogP contribution < -0.4 is 0 Å². The van der Waals surface area contributed by atoms with E-state index < -0.39 is 0 Å². The van der Waals surface area contributed by atoms with Crippen molar-refractivity contribution in [3.05, 3.63) is 70.8 Å². The van der Waals surface area contributed by atoms with E-state index in [1.54, 1.807) is 0 Å². The highest BCUT2D eigenvalue weighted by atomic mass is 16.3. The monoisotopic (exact) mass is 253 g/mol. The molecule has 0 amide bonds. The van der Waals surface area contributed by atoms with Crippen LogP contribution >= 0.6 is 0 Å². The van der Waals surface area contributed by atoms with Crippen LogP contribution in [-0.2, 0) is 19.5 Å². The van der Waals surface area contributed by atoms with E-state index in [0.717, 1.165) is 26.1 Å². The summed E-state index contributed by atoms with van der Waals surface area (Å²) in [5.41, 5.74) is 5.56. The molecule has 2 heteroatoms. The van der Waals surface area contributed by atoms with Crippen LogP contribution in [0.1, 0.15) is 22.3 Å². The molecule has 0 bridgehead atoms. The molecule has 2 aromatic rings. The summed E-state index contributed by atoms with van der Waals surface area (Å²) >= 11 is 0. The molecule has 2 aromatic carbocycles. The number of hydrogen-bond acceptors (Lipinski definition) is 2. The van der Waals surface area contributed by atoms with Gasteiger partial charge in [-0.1, -0.05) is 48.5 Å². The number of aliphatic hydroxyl groups excluding tert-OH is 1. The van der Waals surface area contributed by atoms with Crippen LogP contribution in [0.3, 0.4) is 0 Å². The van der Waals surface area contributed by atoms with E-state index in [2.05, 4.69) is 53.4 Å². The van der Waals surface area contributed by atoms with E-state index in [-0.39, 0.29) is 6.61 Å². The molecule has 1 aliphatic heterocycles. The average molecular weight is 253 g/mol. The van der Waals surface area contributed by atoms with Gasteiger partial charge in [-0.2, -0.15) is 0 Å². The first-order valence-corrected chi connectivity index (χ1v) is 6.83. The highest BCUT2D eigenvalue weighted by Gasteiger charge is 2.15. The summed E-state index contributed by atoms with van der Waals surface area (Å²) in [5, 5.41) is 9.23. The lowest BCUT2D eigenvalue weighted by molar-refractivity contribution is 0.183. The minimum Gasteiger partial charge on any atom is -0.395 e. The highest BCUT2D eigenvalue weighted by Crippen LogP contribution is 2.23. The topological polar surface area (TPSA) is 23.5 Å². The second-order valence-electron chi connectivity index (χ2n) is 5.15. The second kappa shape index (κ2) is 5.55. The van der Waals surface area contributed by atoms with Gasteiger partial charge in [-0.25, -0.2) is 0 Å². The summed E-state index contributed by atoms with van der Waals surface area (Å²) < 4.78 is 0. The predicted molar refractivity (Wildman–Crippen MR) is 76.9 cm³/mol. The van der Waals surface area contributed by atoms with Crippen LogP contribution in [0.2, 0.25) is 0 Å². The quantitative estimate of drug-likeness (QED) is 0.889. The first kappa shape index (κ1) is 12.4. The maximum Gasteiger partial charge on any atom is 0.0558 e. The maximum atomic E-state index is 9.23. The van der Waals surface area contributed by atoms with Crippen molar-refractivity contribution in [1.82, 2.24) is 4.90 Å². The molecule has 0 saturated heterocycles. The molecule has 0 aliphatic carbocycles. The molecule has 0 radical (unpaired) electrons. The van der Waals surface area contributed by atoms with E-state index in [4.69, 9.17) is 0 Å². The zero-order valence-electron chi connectivity index (χ0n) is 11.0. The summed E-state index contributed by atoms with van der Waals surface area (Å²) in [7, 11) is 0. The number of rotatable bonds is 2. The third-order valence-corrected chi connectivity index (χ3v) is 3.82. The smallest absolute Gasteiger partial charge is 0.0558 e. The van der Waals surface area contributed by atoms with Crippen molar-refractivity contribution in [3.63, 3.8) is 0 Å². The van der Waals surface area contributed by atoms with Crippen molar-refractivity contribution in [2.45, 2.75) is 19.5 Å². The fraction of sp³-hybridized carbons (Fsp3) is 0.294. The van der Waals surface area contributed by atoms with Crippen LogP contribution in [-0.4, -0.2) is 23.2 Å². The van der Waals surface area contributed by atoms with E-state index in [9.17, 15) is 5.11 Å². The van der Waals surface area contributed by atoms with Gasteiger partial charge in [0.05, 0.1) is 6.61 Å². The average Bonchev–Trinajstić information content (AvgIpc) is 2.41. The Labute approximate surface area is 114 Å². The van der Waals surface area contributed by atoms with Crippen LogP contribution in [0, 0.1) is 0 Å². The molecule has 1 aliphatic rings. The van der Waals surface area contributed by atoms with Gasteiger partial charge in [0.2, 0.25) is 0 Å². The van der Waals surface area contributed by atoms with Crippen molar-refractivity contribution >= 4 is 0 Å². The number of fused-ring (bicyclic) bond motifs is 2. The summed E-state index contributed by atoms with van der Waals surface area (Å²) in [6.45, 7) is 2.78. The maximum absolute atomic E-state index is 9.23. The lowest BCUT2D eigenvalue weighted by atomic mass is 9.94. The molecule has 0 fully saturated rings. The third-order valence-electron chi connectivity index (χ3n) is 3.82. The number of nitrogens with zero attached hydrogens (tertiary/aromatic N) is 1. The summed E-state index contributed by atoms with van der Waals surface area (Å²) in [5.74, 6) is 0. The van der Waals surface area contributed by atoms with Gasteiger partial charge in [-0.05, 0) is 28.7 Å². The summed E-state index contributed by atoms with van der Waals surface area (Å²) in [6, 6.07) is 17.3. The number of hydrogen-bond donors (Lipinski definition) is 1. The molecule has 1 heterocycles. The van der Waals surface area contributed by atoms with Gasteiger partial charge < -0.3 is 5.11 Å². The highest BCUT2D eigenvalue weighted by molar-refractivity contribution is 5.37. The number of aliphatic hydroxyl groups is 1. The lowest BCUT2D eigenvalue weighted by Gasteiger charge is -2.27. The normalized spacial score (nSPS) is 15.2. The van der Waals surface area contributed by atoms with Gasteiger partial charge in [0.15, 0.2) is 0 Å². The van der Waals surface area contributed by atoms with Crippen molar-refractivity contribution in [1.29, 1.82) is 0 Å². The molecular formula is C17H19NO. The number of benzene rings is 2. The molecule has 98 valence electrons. The Morgan fingerprint density at radius 3 is 1.74 bits per heavy atom. The molecule has 19 heavy (non-hydrogen) atoms. The zero-order valence-corrected chi connectivity index (χ0v) is 11.0. The van der Waals surface area contributed by atoms with E-state index >= 15 is 0 Å². The predicted octanol–water partition coefficient (Wildman–Crippen LogP) is 2.59. The molecular weight excluding hydrogens is 234 g/mol. The molecule has 3 rings (SSSR count). The molecule has 1 N–H and O–H groups in total. The Bertz CT molecular complexity index is 517. The second-order valence-corrected chi connectivity index (χ2v) is 5.15. The Morgan fingerprint density at radius 2 is 1.26 bits per heavy atom. The Kier molecular flexibility index (Phi) is 3.62. The Morgan fingerprint density at radius 1 is 0.789 bits per heavy atom. The van der Waals surface area contributed by atoms with Gasteiger partial charge in [-0.3, -0.25) is 4.90 Å². The zero-order chi connectivity index (χ0) is 13.1. The SMILES string of the molecule is OCCN1Cc2ccccc2Cc2ccccc2C1.